The van der Waals surface area contributed by atoms with Gasteiger partial charge in [-0.05, 0) is 23.8 Å². The van der Waals surface area contributed by atoms with Gasteiger partial charge in [0.25, 0.3) is 5.91 Å². The maximum atomic E-state index is 12.5. The van der Waals surface area contributed by atoms with E-state index in [-0.39, 0.29) is 23.4 Å². The Morgan fingerprint density at radius 3 is 2.46 bits per heavy atom. The van der Waals surface area contributed by atoms with Crippen molar-refractivity contribution in [1.82, 2.24) is 0 Å². The molecule has 0 spiro atoms. The van der Waals surface area contributed by atoms with Crippen LogP contribution in [0.25, 0.3) is 0 Å². The predicted octanol–water partition coefficient (Wildman–Crippen LogP) is 3.04. The molecule has 1 aliphatic heterocycles. The number of nitrogens with zero attached hydrogens (tertiary/aromatic N) is 1. The molecule has 0 aromatic heterocycles. The van der Waals surface area contributed by atoms with Crippen LogP contribution in [0, 0.1) is 0 Å². The summed E-state index contributed by atoms with van der Waals surface area (Å²) in [6.07, 6.45) is 1.62. The second kappa shape index (κ2) is 6.67. The van der Waals surface area contributed by atoms with Gasteiger partial charge < -0.3 is 15.4 Å². The monoisotopic (exact) mass is 350 g/mol. The fraction of sp³-hybridized carbons (Fsp3) is 0.238. The molecular weight excluding hydrogens is 328 g/mol. The molecule has 0 unspecified atom stereocenters. The summed E-state index contributed by atoms with van der Waals surface area (Å²) < 4.78 is 5.54. The van der Waals surface area contributed by atoms with Crippen molar-refractivity contribution in [3.8, 4) is 5.75 Å². The molecule has 5 heteroatoms. The Labute approximate surface area is 153 Å². The van der Waals surface area contributed by atoms with Crippen LogP contribution in [0.15, 0.2) is 60.3 Å². The quantitative estimate of drug-likeness (QED) is 0.841. The molecule has 0 saturated heterocycles. The van der Waals surface area contributed by atoms with Crippen LogP contribution in [0.5, 0.6) is 5.75 Å². The minimum absolute atomic E-state index is 0.159. The van der Waals surface area contributed by atoms with Crippen LogP contribution in [-0.4, -0.2) is 25.3 Å². The normalized spacial score (nSPS) is 16.4. The number of primary amides is 1. The van der Waals surface area contributed by atoms with Crippen molar-refractivity contribution < 1.29 is 14.3 Å². The summed E-state index contributed by atoms with van der Waals surface area (Å²) in [5.41, 5.74) is 8.51. The predicted molar refractivity (Wildman–Crippen MR) is 101 cm³/mol. The molecule has 0 fully saturated rings. The summed E-state index contributed by atoms with van der Waals surface area (Å²) in [6, 6.07) is 14.7. The highest BCUT2D eigenvalue weighted by Crippen LogP contribution is 2.46. The van der Waals surface area contributed by atoms with Crippen molar-refractivity contribution in [2.45, 2.75) is 19.3 Å². The number of nitrogens with two attached hydrogens (primary N) is 1. The third-order valence-corrected chi connectivity index (χ3v) is 4.76. The highest BCUT2D eigenvalue weighted by atomic mass is 16.5. The highest BCUT2D eigenvalue weighted by molar-refractivity contribution is 5.96. The first-order valence-corrected chi connectivity index (χ1v) is 8.42. The number of para-hydroxylation sites is 2. The Morgan fingerprint density at radius 1 is 1.12 bits per heavy atom. The number of ketones is 1. The lowest BCUT2D eigenvalue weighted by Crippen LogP contribution is -2.25. The fourth-order valence-corrected chi connectivity index (χ4v) is 3.40. The van der Waals surface area contributed by atoms with E-state index in [2.05, 4.69) is 19.9 Å². The molecule has 2 N–H and O–H groups in total. The maximum absolute atomic E-state index is 12.5. The number of likely N-dealkylation sites (N-methyl/N-ethyl adjacent to an activating group) is 1. The number of fused-ring (bicyclic) bond motifs is 1. The summed E-state index contributed by atoms with van der Waals surface area (Å²) in [6.45, 7) is 4.03. The molecule has 1 aliphatic rings. The van der Waals surface area contributed by atoms with Gasteiger partial charge in [-0.15, -0.1) is 0 Å². The van der Waals surface area contributed by atoms with Gasteiger partial charge in [0.1, 0.15) is 5.75 Å². The summed E-state index contributed by atoms with van der Waals surface area (Å²) in [7, 11) is 1.95. The van der Waals surface area contributed by atoms with Crippen molar-refractivity contribution in [2.24, 2.45) is 5.73 Å². The Kier molecular flexibility index (Phi) is 4.55. The van der Waals surface area contributed by atoms with E-state index >= 15 is 0 Å². The first kappa shape index (κ1) is 17.7. The van der Waals surface area contributed by atoms with Crippen LogP contribution in [0.3, 0.4) is 0 Å². The average Bonchev–Trinajstić information content (AvgIpc) is 2.81. The molecule has 26 heavy (non-hydrogen) atoms. The van der Waals surface area contributed by atoms with E-state index in [0.717, 1.165) is 11.4 Å². The molecule has 2 aromatic rings. The third-order valence-electron chi connectivity index (χ3n) is 4.76. The summed E-state index contributed by atoms with van der Waals surface area (Å²) in [4.78, 5) is 26.0. The van der Waals surface area contributed by atoms with E-state index in [0.29, 0.717) is 5.75 Å². The molecule has 0 atom stereocenters. The number of rotatable bonds is 5. The van der Waals surface area contributed by atoms with Crippen LogP contribution < -0.4 is 15.4 Å². The molecule has 0 radical (unpaired) electrons. The van der Waals surface area contributed by atoms with Crippen LogP contribution in [-0.2, 0) is 10.2 Å². The van der Waals surface area contributed by atoms with Gasteiger partial charge in [-0.2, -0.15) is 0 Å². The third kappa shape index (κ3) is 3.08. The maximum Gasteiger partial charge on any atom is 0.252 e. The first-order chi connectivity index (χ1) is 12.3. The zero-order valence-corrected chi connectivity index (χ0v) is 15.2. The van der Waals surface area contributed by atoms with Crippen LogP contribution in [0.4, 0.5) is 5.69 Å². The lowest BCUT2D eigenvalue weighted by molar-refractivity contribution is -0.116. The molecule has 5 nitrogen and oxygen atoms in total. The molecular formula is C21H22N2O3. The van der Waals surface area contributed by atoms with Gasteiger partial charge in [-0.25, -0.2) is 0 Å². The lowest BCUT2D eigenvalue weighted by Gasteiger charge is -2.24. The van der Waals surface area contributed by atoms with E-state index in [4.69, 9.17) is 10.5 Å². The van der Waals surface area contributed by atoms with E-state index in [1.165, 1.54) is 5.56 Å². The van der Waals surface area contributed by atoms with E-state index < -0.39 is 5.91 Å². The molecule has 0 saturated carbocycles. The minimum Gasteiger partial charge on any atom is -0.485 e. The summed E-state index contributed by atoms with van der Waals surface area (Å²) in [5.74, 6) is -0.445. The number of allylic oxidation sites excluding steroid dienone is 1. The molecule has 1 amide bonds. The highest BCUT2D eigenvalue weighted by Gasteiger charge is 2.38. The van der Waals surface area contributed by atoms with Crippen molar-refractivity contribution in [3.05, 3.63) is 71.4 Å². The van der Waals surface area contributed by atoms with Crippen molar-refractivity contribution >= 4 is 17.4 Å². The topological polar surface area (TPSA) is 72.6 Å². The van der Waals surface area contributed by atoms with Gasteiger partial charge in [-0.3, -0.25) is 9.59 Å². The number of anilines is 1. The van der Waals surface area contributed by atoms with Gasteiger partial charge in [-0.1, -0.05) is 44.2 Å². The minimum atomic E-state index is -0.585. The summed E-state index contributed by atoms with van der Waals surface area (Å²) in [5, 5.41) is 0. The Morgan fingerprint density at radius 2 is 1.77 bits per heavy atom. The van der Waals surface area contributed by atoms with Gasteiger partial charge in [0.2, 0.25) is 0 Å². The zero-order valence-electron chi connectivity index (χ0n) is 15.2. The van der Waals surface area contributed by atoms with Crippen molar-refractivity contribution in [3.63, 3.8) is 0 Å². The first-order valence-electron chi connectivity index (χ1n) is 8.42. The van der Waals surface area contributed by atoms with Gasteiger partial charge in [0, 0.05) is 29.9 Å². The molecule has 0 aliphatic carbocycles. The van der Waals surface area contributed by atoms with Crippen LogP contribution in [0.1, 0.15) is 29.8 Å². The van der Waals surface area contributed by atoms with E-state index in [1.807, 2.05) is 30.1 Å². The number of ether oxygens (including phenoxy) is 1. The number of hydrogen-bond acceptors (Lipinski definition) is 4. The molecule has 0 bridgehead atoms. The molecule has 3 rings (SSSR count). The number of carbonyl (C=O) groups excluding carboxylic acids is 2. The van der Waals surface area contributed by atoms with Crippen molar-refractivity contribution in [1.29, 1.82) is 0 Å². The van der Waals surface area contributed by atoms with Crippen LogP contribution >= 0.6 is 0 Å². The van der Waals surface area contributed by atoms with Crippen molar-refractivity contribution in [2.75, 3.05) is 18.6 Å². The van der Waals surface area contributed by atoms with Crippen LogP contribution in [0.2, 0.25) is 0 Å². The standard InChI is InChI=1S/C21H22N2O3/c1-21(2)16-9-5-6-10-17(16)23(3)19(21)12-14(24)13-26-18-11-7-4-8-15(18)20(22)25/h4-12H,13H2,1-3H3,(H2,22,25)/b19-12-. The molecule has 134 valence electrons. The number of benzene rings is 2. The van der Waals surface area contributed by atoms with E-state index in [1.54, 1.807) is 30.3 Å². The lowest BCUT2D eigenvalue weighted by atomic mass is 9.83. The van der Waals surface area contributed by atoms with Gasteiger partial charge in [0.05, 0.1) is 5.56 Å². The second-order valence-corrected chi connectivity index (χ2v) is 6.85. The summed E-state index contributed by atoms with van der Waals surface area (Å²) >= 11 is 0. The average molecular weight is 350 g/mol. The SMILES string of the molecule is CN1/C(=C\C(=O)COc2ccccc2C(N)=O)C(C)(C)c2ccccc21. The smallest absolute Gasteiger partial charge is 0.252 e. The zero-order chi connectivity index (χ0) is 18.9. The van der Waals surface area contributed by atoms with Gasteiger partial charge >= 0.3 is 0 Å². The molecule has 1 heterocycles. The second-order valence-electron chi connectivity index (χ2n) is 6.85. The Hall–Kier alpha value is -3.08. The number of carbonyl (C=O) groups is 2. The largest absolute Gasteiger partial charge is 0.485 e. The van der Waals surface area contributed by atoms with Gasteiger partial charge in [0.15, 0.2) is 12.4 Å². The fourth-order valence-electron chi connectivity index (χ4n) is 3.40. The number of amides is 1. The Balaban J connectivity index is 1.79. The van der Waals surface area contributed by atoms with E-state index in [9.17, 15) is 9.59 Å². The molecule has 2 aromatic carbocycles. The number of hydrogen-bond donors (Lipinski definition) is 1. The Bertz CT molecular complexity index is 900.